The fourth-order valence-corrected chi connectivity index (χ4v) is 8.63. The van der Waals surface area contributed by atoms with E-state index in [-0.39, 0.29) is 80.2 Å². The van der Waals surface area contributed by atoms with Gasteiger partial charge in [0.1, 0.15) is 51.3 Å². The highest BCUT2D eigenvalue weighted by Gasteiger charge is 2.27. The van der Waals surface area contributed by atoms with Gasteiger partial charge >= 0.3 is 13.2 Å². The zero-order valence-corrected chi connectivity index (χ0v) is 42.3. The zero-order chi connectivity index (χ0) is 55.9. The molecule has 6 heterocycles. The number of fused-ring (bicyclic) bond motifs is 2. The molecule has 1 fully saturated rings. The summed E-state index contributed by atoms with van der Waals surface area (Å²) in [6.45, 7) is -1.96. The molecule has 10 aromatic rings. The number of hydrogen-bond acceptors (Lipinski definition) is 15. The Morgan fingerprint density at radius 2 is 1.27 bits per heavy atom. The minimum absolute atomic E-state index is 0.117. The molecule has 5 N–H and O–H groups in total. The molecule has 0 spiro atoms. The van der Waals surface area contributed by atoms with Crippen LogP contribution in [-0.4, -0.2) is 104 Å². The number of H-pyrrole nitrogens is 1. The number of anilines is 2. The van der Waals surface area contributed by atoms with E-state index in [0.717, 1.165) is 5.56 Å². The number of amides is 2. The van der Waals surface area contributed by atoms with E-state index >= 15 is 0 Å². The molecule has 21 nitrogen and oxygen atoms in total. The van der Waals surface area contributed by atoms with Crippen LogP contribution in [0.15, 0.2) is 147 Å². The van der Waals surface area contributed by atoms with Crippen LogP contribution in [-0.2, 0) is 6.54 Å². The van der Waals surface area contributed by atoms with Crippen molar-refractivity contribution in [1.82, 2.24) is 54.5 Å². The number of halogens is 4. The molecular formula is C55H47F4N13O8. The van der Waals surface area contributed by atoms with Gasteiger partial charge < -0.3 is 40.0 Å². The number of aryl methyl sites for hydroxylation is 1. The second kappa shape index (κ2) is 23.7. The second-order valence-electron chi connectivity index (χ2n) is 18.0. The molecule has 25 heteroatoms. The Labute approximate surface area is 451 Å². The Hall–Kier alpha value is -10.0. The fraction of sp³-hybridized carbons (Fsp3) is 0.182. The number of Topliss-reactive ketones (excluding diaryl/α,β-unsaturated/α-hetero) is 1. The van der Waals surface area contributed by atoms with Crippen molar-refractivity contribution < 1.29 is 56.0 Å². The molecule has 0 radical (unpaired) electrons. The fourth-order valence-electron chi connectivity index (χ4n) is 8.63. The van der Waals surface area contributed by atoms with E-state index in [4.69, 9.17) is 18.9 Å². The van der Waals surface area contributed by atoms with Crippen molar-refractivity contribution in [2.24, 2.45) is 0 Å². The number of carbonyl (C=O) groups is 3. The molecular weight excluding hydrogens is 1050 g/mol. The van der Waals surface area contributed by atoms with Crippen molar-refractivity contribution in [3.63, 3.8) is 0 Å². The SMILES string of the molecule is CC(=O)c1cc(Oc2ccc(OC(F)F)c(-c3[nH]ncc3NC(=O)c3cnn4cccnc34)c2)ccc1C.O=C(Nc1cn(CCNC2CC(O)C2)nc1-c1cc(Oc2ccccc2)ccc1OC(F)F)c1cnn2cccnc12. The first kappa shape index (κ1) is 53.4. The van der Waals surface area contributed by atoms with Gasteiger partial charge in [-0.2, -0.15) is 38.0 Å². The first-order chi connectivity index (χ1) is 38.7. The van der Waals surface area contributed by atoms with Crippen LogP contribution in [0.4, 0.5) is 28.9 Å². The highest BCUT2D eigenvalue weighted by Crippen LogP contribution is 2.41. The van der Waals surface area contributed by atoms with Crippen LogP contribution < -0.4 is 34.9 Å². The molecule has 0 unspecified atom stereocenters. The van der Waals surface area contributed by atoms with Crippen LogP contribution in [0.25, 0.3) is 33.8 Å². The summed E-state index contributed by atoms with van der Waals surface area (Å²) in [4.78, 5) is 46.7. The molecule has 11 rings (SSSR count). The standard InChI is InChI=1S/C29H27F2N7O4.C26H20F2N6O4/c30-29(31)42-25-8-7-21(41-20-5-2-1-3-6-20)15-22(25)26-24(17-37(36-26)12-10-32-18-13-19(39)14-18)35-28(40)23-16-34-38-11-4-9-33-27(23)38;1-14-4-5-16(10-18(14)15(2)35)37-17-6-7-22(38-26(27)28)19(11-17)23-21(13-30-33-23)32-25(36)20-12-31-34-9-3-8-29-24(20)34/h1-9,11,15-19,29,32,39H,10,12-14H2,(H,35,40);3-13,26H,1-2H3,(H,30,33)(H,32,36). The van der Waals surface area contributed by atoms with E-state index in [0.29, 0.717) is 60.0 Å². The van der Waals surface area contributed by atoms with Gasteiger partial charge in [-0.15, -0.1) is 0 Å². The molecule has 4 aromatic carbocycles. The van der Waals surface area contributed by atoms with Crippen molar-refractivity contribution in [3.8, 4) is 57.0 Å². The topological polar surface area (TPSA) is 251 Å². The number of carbonyl (C=O) groups excluding carboxylic acids is 3. The minimum Gasteiger partial charge on any atom is -0.457 e. The van der Waals surface area contributed by atoms with E-state index in [2.05, 4.69) is 51.4 Å². The molecule has 1 aliphatic carbocycles. The Morgan fingerprint density at radius 3 is 1.89 bits per heavy atom. The largest absolute Gasteiger partial charge is 0.457 e. The molecule has 1 saturated carbocycles. The lowest BCUT2D eigenvalue weighted by Crippen LogP contribution is -2.45. The number of nitrogens with one attached hydrogen (secondary N) is 4. The molecule has 408 valence electrons. The number of benzene rings is 4. The number of aromatic nitrogens is 10. The minimum atomic E-state index is -3.10. The molecule has 1 aliphatic rings. The lowest BCUT2D eigenvalue weighted by molar-refractivity contribution is -0.0501. The molecule has 80 heavy (non-hydrogen) atoms. The van der Waals surface area contributed by atoms with Gasteiger partial charge in [-0.3, -0.25) is 24.2 Å². The number of rotatable bonds is 19. The van der Waals surface area contributed by atoms with Gasteiger partial charge in [0, 0.05) is 54.7 Å². The first-order valence-electron chi connectivity index (χ1n) is 24.7. The summed E-state index contributed by atoms with van der Waals surface area (Å²) in [5.41, 5.74) is 3.68. The number of nitrogens with zero attached hydrogens (tertiary/aromatic N) is 9. The maximum atomic E-state index is 13.4. The summed E-state index contributed by atoms with van der Waals surface area (Å²) in [6, 6.07) is 26.3. The number of hydrogen-bond donors (Lipinski definition) is 5. The summed E-state index contributed by atoms with van der Waals surface area (Å²) >= 11 is 0. The van der Waals surface area contributed by atoms with Crippen molar-refractivity contribution in [2.75, 3.05) is 17.2 Å². The van der Waals surface area contributed by atoms with Gasteiger partial charge in [0.15, 0.2) is 17.1 Å². The Balaban J connectivity index is 0.000000181. The lowest BCUT2D eigenvalue weighted by atomic mass is 9.90. The number of alkyl halides is 4. The van der Waals surface area contributed by atoms with Crippen LogP contribution in [0, 0.1) is 6.92 Å². The van der Waals surface area contributed by atoms with E-state index in [1.165, 1.54) is 77.1 Å². The smallest absolute Gasteiger partial charge is 0.387 e. The molecule has 0 saturated heterocycles. The van der Waals surface area contributed by atoms with Gasteiger partial charge in [-0.25, -0.2) is 19.0 Å². The number of aliphatic hydroxyl groups excluding tert-OH is 1. The third-order valence-electron chi connectivity index (χ3n) is 12.5. The van der Waals surface area contributed by atoms with Crippen molar-refractivity contribution in [2.45, 2.75) is 58.6 Å². The van der Waals surface area contributed by atoms with Crippen LogP contribution >= 0.6 is 0 Å². The summed E-state index contributed by atoms with van der Waals surface area (Å²) in [5, 5.41) is 38.1. The summed E-state index contributed by atoms with van der Waals surface area (Å²) in [5.74, 6) is 0.129. The quantitative estimate of drug-likeness (QED) is 0.0373. The molecule has 2 amide bonds. The number of aliphatic hydroxyl groups is 1. The molecule has 6 aromatic heterocycles. The summed E-state index contributed by atoms with van der Waals surface area (Å²) in [6.07, 6.45) is 13.2. The van der Waals surface area contributed by atoms with Gasteiger partial charge in [0.2, 0.25) is 0 Å². The molecule has 0 aliphatic heterocycles. The van der Waals surface area contributed by atoms with Crippen molar-refractivity contribution in [1.29, 1.82) is 0 Å². The second-order valence-corrected chi connectivity index (χ2v) is 18.0. The van der Waals surface area contributed by atoms with Crippen LogP contribution in [0.2, 0.25) is 0 Å². The predicted octanol–water partition coefficient (Wildman–Crippen LogP) is 9.63. The third kappa shape index (κ3) is 12.4. The Kier molecular flexibility index (Phi) is 15.8. The number of ketones is 1. The highest BCUT2D eigenvalue weighted by molar-refractivity contribution is 6.10. The number of ether oxygens (including phenoxy) is 4. The number of para-hydroxylation sites is 1. The van der Waals surface area contributed by atoms with E-state index in [9.17, 15) is 37.1 Å². The van der Waals surface area contributed by atoms with Crippen molar-refractivity contribution >= 4 is 40.3 Å². The van der Waals surface area contributed by atoms with E-state index < -0.39 is 25.0 Å². The van der Waals surface area contributed by atoms with Gasteiger partial charge in [0.25, 0.3) is 11.8 Å². The predicted molar refractivity (Wildman–Crippen MR) is 282 cm³/mol. The number of aromatic amines is 1. The van der Waals surface area contributed by atoms with Gasteiger partial charge in [-0.1, -0.05) is 24.3 Å². The average molecular weight is 1090 g/mol. The monoisotopic (exact) mass is 1090 g/mol. The zero-order valence-electron chi connectivity index (χ0n) is 42.3. The Morgan fingerprint density at radius 1 is 0.700 bits per heavy atom. The summed E-state index contributed by atoms with van der Waals surface area (Å²) < 4.78 is 79.2. The van der Waals surface area contributed by atoms with Crippen LogP contribution in [0.1, 0.15) is 56.4 Å². The van der Waals surface area contributed by atoms with Gasteiger partial charge in [0.05, 0.1) is 53.9 Å². The van der Waals surface area contributed by atoms with E-state index in [1.807, 2.05) is 25.1 Å². The molecule has 0 bridgehead atoms. The molecule has 0 atom stereocenters. The highest BCUT2D eigenvalue weighted by atomic mass is 19.3. The summed E-state index contributed by atoms with van der Waals surface area (Å²) in [7, 11) is 0. The normalized spacial score (nSPS) is 13.9. The van der Waals surface area contributed by atoms with Crippen LogP contribution in [0.5, 0.6) is 34.5 Å². The van der Waals surface area contributed by atoms with Gasteiger partial charge in [-0.05, 0) is 105 Å². The average Bonchev–Trinajstić information content (AvgIpc) is 4.29. The maximum Gasteiger partial charge on any atom is 0.387 e. The van der Waals surface area contributed by atoms with E-state index in [1.54, 1.807) is 71.9 Å². The lowest BCUT2D eigenvalue weighted by Gasteiger charge is -2.32. The maximum absolute atomic E-state index is 13.4. The van der Waals surface area contributed by atoms with Crippen molar-refractivity contribution in [3.05, 3.63) is 169 Å². The van der Waals surface area contributed by atoms with Crippen LogP contribution in [0.3, 0.4) is 0 Å². The third-order valence-corrected chi connectivity index (χ3v) is 12.5. The first-order valence-corrected chi connectivity index (χ1v) is 24.7. The Bertz CT molecular complexity index is 3840.